The van der Waals surface area contributed by atoms with Crippen LogP contribution in [-0.2, 0) is 9.53 Å². The van der Waals surface area contributed by atoms with Gasteiger partial charge in [-0.25, -0.2) is 9.59 Å². The molecule has 2 rings (SSSR count). The van der Waals surface area contributed by atoms with Crippen LogP contribution < -0.4 is 15.4 Å². The Kier molecular flexibility index (Phi) is 7.08. The van der Waals surface area contributed by atoms with Crippen molar-refractivity contribution in [3.05, 3.63) is 39.5 Å². The molecule has 0 bridgehead atoms. The molecule has 26 heavy (non-hydrogen) atoms. The summed E-state index contributed by atoms with van der Waals surface area (Å²) in [6.07, 6.45) is 0.909. The summed E-state index contributed by atoms with van der Waals surface area (Å²) < 4.78 is 11.7. The van der Waals surface area contributed by atoms with Gasteiger partial charge in [0.05, 0.1) is 29.3 Å². The van der Waals surface area contributed by atoms with E-state index in [9.17, 15) is 9.59 Å². The molecule has 0 fully saturated rings. The summed E-state index contributed by atoms with van der Waals surface area (Å²) in [5.41, 5.74) is 1.78. The lowest BCUT2D eigenvalue weighted by Crippen LogP contribution is -2.47. The molecule has 1 atom stereocenters. The Bertz CT molecular complexity index is 715. The standard InChI is InChI=1S/C19H25BrN2O4/c1-5-9-26-14-8-7-12(10-13(14)20)17-15(18(23)25-6-2)16(11(3)4)21-19(24)22-17/h7-8,10-11,17H,5-6,9H2,1-4H3,(H2,21,22,24). The molecular weight excluding hydrogens is 400 g/mol. The first-order valence-electron chi connectivity index (χ1n) is 8.79. The third-order valence-corrected chi connectivity index (χ3v) is 4.55. The van der Waals surface area contributed by atoms with Crippen LogP contribution in [0.4, 0.5) is 4.79 Å². The highest BCUT2D eigenvalue weighted by Gasteiger charge is 2.34. The second kappa shape index (κ2) is 9.07. The maximum Gasteiger partial charge on any atom is 0.338 e. The fourth-order valence-corrected chi connectivity index (χ4v) is 3.26. The summed E-state index contributed by atoms with van der Waals surface area (Å²) in [6, 6.07) is 4.62. The number of ether oxygens (including phenoxy) is 2. The smallest absolute Gasteiger partial charge is 0.338 e. The molecule has 1 aromatic carbocycles. The summed E-state index contributed by atoms with van der Waals surface area (Å²) >= 11 is 3.51. The van der Waals surface area contributed by atoms with E-state index in [2.05, 4.69) is 26.6 Å². The SMILES string of the molecule is CCCOc1ccc(C2NC(=O)NC(C(C)C)=C2C(=O)OCC)cc1Br. The van der Waals surface area contributed by atoms with Crippen molar-refractivity contribution in [3.8, 4) is 5.75 Å². The Balaban J connectivity index is 2.47. The molecule has 1 aliphatic rings. The minimum atomic E-state index is -0.586. The van der Waals surface area contributed by atoms with Crippen LogP contribution in [0.1, 0.15) is 45.7 Å². The maximum absolute atomic E-state index is 12.6. The molecule has 0 radical (unpaired) electrons. The fraction of sp³-hybridized carbons (Fsp3) is 0.474. The number of benzene rings is 1. The molecule has 1 heterocycles. The van der Waals surface area contributed by atoms with Gasteiger partial charge in [0.15, 0.2) is 0 Å². The van der Waals surface area contributed by atoms with Crippen LogP contribution in [0, 0.1) is 5.92 Å². The number of esters is 1. The van der Waals surface area contributed by atoms with Gasteiger partial charge in [-0.15, -0.1) is 0 Å². The number of rotatable bonds is 7. The maximum atomic E-state index is 12.6. The van der Waals surface area contributed by atoms with Crippen LogP contribution in [0.25, 0.3) is 0 Å². The van der Waals surface area contributed by atoms with E-state index in [1.54, 1.807) is 6.92 Å². The number of allylic oxidation sites excluding steroid dienone is 1. The molecule has 0 saturated heterocycles. The van der Waals surface area contributed by atoms with E-state index >= 15 is 0 Å². The zero-order valence-electron chi connectivity index (χ0n) is 15.5. The van der Waals surface area contributed by atoms with Gasteiger partial charge in [-0.1, -0.05) is 26.8 Å². The van der Waals surface area contributed by atoms with Crippen molar-refractivity contribution in [1.82, 2.24) is 10.6 Å². The lowest BCUT2D eigenvalue weighted by Gasteiger charge is -2.31. The lowest BCUT2D eigenvalue weighted by molar-refractivity contribution is -0.139. The van der Waals surface area contributed by atoms with Crippen molar-refractivity contribution in [2.75, 3.05) is 13.2 Å². The molecular formula is C19H25BrN2O4. The molecule has 1 unspecified atom stereocenters. The molecule has 1 aromatic rings. The second-order valence-corrected chi connectivity index (χ2v) is 7.13. The van der Waals surface area contributed by atoms with Gasteiger partial charge in [0, 0.05) is 5.70 Å². The zero-order chi connectivity index (χ0) is 19.3. The van der Waals surface area contributed by atoms with Crippen molar-refractivity contribution in [2.45, 2.75) is 40.2 Å². The van der Waals surface area contributed by atoms with Crippen LogP contribution in [0.3, 0.4) is 0 Å². The second-order valence-electron chi connectivity index (χ2n) is 6.27. The van der Waals surface area contributed by atoms with Gasteiger partial charge < -0.3 is 20.1 Å². The normalized spacial score (nSPS) is 17.0. The molecule has 0 saturated carbocycles. The van der Waals surface area contributed by atoms with Crippen LogP contribution in [0.15, 0.2) is 33.9 Å². The van der Waals surface area contributed by atoms with Crippen LogP contribution in [0.5, 0.6) is 5.75 Å². The van der Waals surface area contributed by atoms with E-state index in [0.29, 0.717) is 17.9 Å². The number of hydrogen-bond donors (Lipinski definition) is 2. The first-order chi connectivity index (χ1) is 12.4. The Hall–Kier alpha value is -2.02. The monoisotopic (exact) mass is 424 g/mol. The predicted molar refractivity (Wildman–Crippen MR) is 103 cm³/mol. The molecule has 6 nitrogen and oxygen atoms in total. The number of hydrogen-bond acceptors (Lipinski definition) is 4. The largest absolute Gasteiger partial charge is 0.492 e. The van der Waals surface area contributed by atoms with Crippen LogP contribution in [0.2, 0.25) is 0 Å². The molecule has 142 valence electrons. The van der Waals surface area contributed by atoms with Gasteiger partial charge in [0.1, 0.15) is 5.75 Å². The summed E-state index contributed by atoms with van der Waals surface area (Å²) in [5.74, 6) is 0.260. The molecule has 2 amide bonds. The van der Waals surface area contributed by atoms with Crippen molar-refractivity contribution in [3.63, 3.8) is 0 Å². The van der Waals surface area contributed by atoms with Crippen molar-refractivity contribution in [1.29, 1.82) is 0 Å². The quantitative estimate of drug-likeness (QED) is 0.646. The van der Waals surface area contributed by atoms with E-state index in [1.807, 2.05) is 39.0 Å². The van der Waals surface area contributed by atoms with Crippen molar-refractivity contribution in [2.24, 2.45) is 5.92 Å². The highest BCUT2D eigenvalue weighted by Crippen LogP contribution is 2.34. The highest BCUT2D eigenvalue weighted by molar-refractivity contribution is 9.10. The van der Waals surface area contributed by atoms with Gasteiger partial charge in [0.2, 0.25) is 0 Å². The van der Waals surface area contributed by atoms with E-state index < -0.39 is 12.0 Å². The summed E-state index contributed by atoms with van der Waals surface area (Å²) in [7, 11) is 0. The number of carbonyl (C=O) groups excluding carboxylic acids is 2. The number of urea groups is 1. The van der Waals surface area contributed by atoms with Gasteiger partial charge in [0.25, 0.3) is 0 Å². The van der Waals surface area contributed by atoms with Crippen LogP contribution >= 0.6 is 15.9 Å². The highest BCUT2D eigenvalue weighted by atomic mass is 79.9. The minimum Gasteiger partial charge on any atom is -0.492 e. The predicted octanol–water partition coefficient (Wildman–Crippen LogP) is 4.07. The molecule has 0 aromatic heterocycles. The Morgan fingerprint density at radius 1 is 1.31 bits per heavy atom. The number of nitrogens with one attached hydrogen (secondary N) is 2. The number of halogens is 1. The Labute approximate surface area is 162 Å². The fourth-order valence-electron chi connectivity index (χ4n) is 2.75. The van der Waals surface area contributed by atoms with Gasteiger partial charge in [-0.3, -0.25) is 0 Å². The minimum absolute atomic E-state index is 0.0291. The number of amides is 2. The third-order valence-electron chi connectivity index (χ3n) is 3.93. The topological polar surface area (TPSA) is 76.7 Å². The summed E-state index contributed by atoms with van der Waals surface area (Å²) in [5, 5.41) is 5.58. The van der Waals surface area contributed by atoms with E-state index in [-0.39, 0.29) is 18.6 Å². The van der Waals surface area contributed by atoms with Gasteiger partial charge in [-0.2, -0.15) is 0 Å². The Morgan fingerprint density at radius 3 is 2.62 bits per heavy atom. The third kappa shape index (κ3) is 4.58. The van der Waals surface area contributed by atoms with Crippen molar-refractivity contribution >= 4 is 27.9 Å². The average Bonchev–Trinajstić information content (AvgIpc) is 2.60. The van der Waals surface area contributed by atoms with Gasteiger partial charge in [-0.05, 0) is 52.9 Å². The van der Waals surface area contributed by atoms with Gasteiger partial charge >= 0.3 is 12.0 Å². The molecule has 7 heteroatoms. The van der Waals surface area contributed by atoms with E-state index in [4.69, 9.17) is 9.47 Å². The average molecular weight is 425 g/mol. The van der Waals surface area contributed by atoms with E-state index in [0.717, 1.165) is 22.2 Å². The van der Waals surface area contributed by atoms with Crippen LogP contribution in [-0.4, -0.2) is 25.2 Å². The summed E-state index contributed by atoms with van der Waals surface area (Å²) in [6.45, 7) is 8.53. The molecule has 1 aliphatic heterocycles. The van der Waals surface area contributed by atoms with Crippen molar-refractivity contribution < 1.29 is 19.1 Å². The van der Waals surface area contributed by atoms with E-state index in [1.165, 1.54) is 0 Å². The first kappa shape index (κ1) is 20.3. The Morgan fingerprint density at radius 2 is 2.04 bits per heavy atom. The molecule has 0 aliphatic carbocycles. The first-order valence-corrected chi connectivity index (χ1v) is 9.59. The zero-order valence-corrected chi connectivity index (χ0v) is 17.1. The molecule has 2 N–H and O–H groups in total. The molecule has 0 spiro atoms. The number of carbonyl (C=O) groups is 2. The lowest BCUT2D eigenvalue weighted by atomic mass is 9.91. The summed E-state index contributed by atoms with van der Waals surface area (Å²) in [4.78, 5) is 24.7.